The lowest BCUT2D eigenvalue weighted by Gasteiger charge is -2.26. The molecule has 2 aromatic carbocycles. The van der Waals surface area contributed by atoms with Crippen molar-refractivity contribution in [1.82, 2.24) is 14.9 Å². The number of aromatic nitrogens is 2. The average Bonchev–Trinajstić information content (AvgIpc) is 3.01. The molecule has 0 radical (unpaired) electrons. The maximum atomic E-state index is 15.1. The highest BCUT2D eigenvalue weighted by atomic mass is 19.1. The first kappa shape index (κ1) is 29.0. The van der Waals surface area contributed by atoms with E-state index in [1.807, 2.05) is 0 Å². The molecule has 220 valence electrons. The van der Waals surface area contributed by atoms with Gasteiger partial charge in [-0.05, 0) is 24.6 Å². The van der Waals surface area contributed by atoms with Crippen molar-refractivity contribution < 1.29 is 37.3 Å². The summed E-state index contributed by atoms with van der Waals surface area (Å²) in [4.78, 5) is 23.2. The van der Waals surface area contributed by atoms with Crippen molar-refractivity contribution in [2.75, 3.05) is 59.0 Å². The topological polar surface area (TPSA) is 104 Å². The van der Waals surface area contributed by atoms with E-state index in [0.717, 1.165) is 51.4 Å². The second-order valence-electron chi connectivity index (χ2n) is 9.39. The third kappa shape index (κ3) is 6.67. The molecule has 5 rings (SSSR count). The lowest BCUT2D eigenvalue weighted by atomic mass is 10.1. The summed E-state index contributed by atoms with van der Waals surface area (Å²) in [5.41, 5.74) is 0.496. The molecule has 0 aliphatic carbocycles. The number of carbonyl (C=O) groups excluding carboxylic acids is 1. The third-order valence-corrected chi connectivity index (χ3v) is 6.68. The van der Waals surface area contributed by atoms with Crippen molar-refractivity contribution in [3.8, 4) is 28.7 Å². The second-order valence-corrected chi connectivity index (χ2v) is 9.39. The number of benzene rings is 2. The Morgan fingerprint density at radius 3 is 2.45 bits per heavy atom. The summed E-state index contributed by atoms with van der Waals surface area (Å²) < 4.78 is 57.9. The van der Waals surface area contributed by atoms with Gasteiger partial charge in [-0.2, -0.15) is 0 Å². The zero-order valence-electron chi connectivity index (χ0n) is 23.2. The van der Waals surface area contributed by atoms with Gasteiger partial charge in [-0.3, -0.25) is 19.7 Å². The average molecular weight is 581 g/mol. The van der Waals surface area contributed by atoms with Crippen molar-refractivity contribution >= 4 is 22.5 Å². The molecule has 0 unspecified atom stereocenters. The fourth-order valence-corrected chi connectivity index (χ4v) is 4.55. The van der Waals surface area contributed by atoms with Gasteiger partial charge in [-0.1, -0.05) is 0 Å². The molecule has 3 heterocycles. The van der Waals surface area contributed by atoms with E-state index >= 15 is 8.78 Å². The molecule has 12 heteroatoms. The van der Waals surface area contributed by atoms with E-state index in [2.05, 4.69) is 20.2 Å². The Labute approximate surface area is 241 Å². The highest BCUT2D eigenvalue weighted by molar-refractivity contribution is 6.06. The number of anilines is 1. The van der Waals surface area contributed by atoms with Crippen LogP contribution in [0, 0.1) is 11.6 Å². The molecule has 1 saturated heterocycles. The largest absolute Gasteiger partial charge is 0.496 e. The summed E-state index contributed by atoms with van der Waals surface area (Å²) in [6.07, 6.45) is 5.05. The van der Waals surface area contributed by atoms with Crippen molar-refractivity contribution in [2.24, 2.45) is 0 Å². The van der Waals surface area contributed by atoms with Crippen LogP contribution < -0.4 is 24.3 Å². The number of ether oxygens (including phenoxy) is 5. The smallest absolute Gasteiger partial charge is 0.261 e. The molecular formula is C30H30F2N4O6. The summed E-state index contributed by atoms with van der Waals surface area (Å²) in [6, 6.07) is 8.28. The fourth-order valence-electron chi connectivity index (χ4n) is 4.55. The molecule has 2 aromatic heterocycles. The van der Waals surface area contributed by atoms with Gasteiger partial charge in [0.1, 0.15) is 11.5 Å². The van der Waals surface area contributed by atoms with Crippen LogP contribution in [-0.2, 0) is 4.74 Å². The number of nitrogens with one attached hydrogen (secondary N) is 1. The molecule has 4 aromatic rings. The minimum Gasteiger partial charge on any atom is -0.496 e. The minimum atomic E-state index is -1.01. The molecule has 0 bridgehead atoms. The van der Waals surface area contributed by atoms with Crippen molar-refractivity contribution in [2.45, 2.75) is 6.42 Å². The molecule has 0 atom stereocenters. The summed E-state index contributed by atoms with van der Waals surface area (Å²) in [6.45, 7) is 4.67. The SMILES string of the molecule is COc1cc2c(Oc3c(F)cc(NC(=O)c4cnccc4OC)cc3F)ccnc2cc1OCCCN1CCOCC1. The van der Waals surface area contributed by atoms with Crippen LogP contribution in [0.15, 0.2) is 55.0 Å². The van der Waals surface area contributed by atoms with Crippen LogP contribution in [0.5, 0.6) is 28.7 Å². The Hall–Kier alpha value is -4.55. The summed E-state index contributed by atoms with van der Waals surface area (Å²) in [7, 11) is 2.91. The van der Waals surface area contributed by atoms with Crippen molar-refractivity contribution in [3.05, 3.63) is 72.2 Å². The molecule has 42 heavy (non-hydrogen) atoms. The number of amides is 1. The van der Waals surface area contributed by atoms with Gasteiger partial charge < -0.3 is 29.0 Å². The number of halogens is 2. The zero-order chi connectivity index (χ0) is 29.5. The Bertz CT molecular complexity index is 1540. The minimum absolute atomic E-state index is 0.107. The van der Waals surface area contributed by atoms with E-state index in [-0.39, 0.29) is 22.7 Å². The molecule has 1 amide bonds. The van der Waals surface area contributed by atoms with Crippen LogP contribution in [0.25, 0.3) is 10.9 Å². The van der Waals surface area contributed by atoms with Gasteiger partial charge in [-0.25, -0.2) is 8.78 Å². The van der Waals surface area contributed by atoms with Crippen LogP contribution in [0.2, 0.25) is 0 Å². The standard InChI is InChI=1S/C30H30F2N4O6/c1-38-25-4-6-33-18-21(25)30(37)35-19-14-22(31)29(23(32)15-19)42-26-5-7-34-24-17-28(27(39-2)16-20(24)26)41-11-3-8-36-9-12-40-13-10-36/h4-7,14-18H,3,8-13H2,1-2H3,(H,35,37). The Kier molecular flexibility index (Phi) is 9.25. The monoisotopic (exact) mass is 580 g/mol. The second kappa shape index (κ2) is 13.4. The molecule has 0 saturated carbocycles. The van der Waals surface area contributed by atoms with Crippen LogP contribution in [0.3, 0.4) is 0 Å². The lowest BCUT2D eigenvalue weighted by molar-refractivity contribution is 0.0357. The molecule has 1 N–H and O–H groups in total. The summed E-state index contributed by atoms with van der Waals surface area (Å²) >= 11 is 0. The molecule has 1 aliphatic heterocycles. The number of methoxy groups -OCH3 is 2. The molecule has 10 nitrogen and oxygen atoms in total. The lowest BCUT2D eigenvalue weighted by Crippen LogP contribution is -2.37. The van der Waals surface area contributed by atoms with Crippen molar-refractivity contribution in [1.29, 1.82) is 0 Å². The van der Waals surface area contributed by atoms with Crippen LogP contribution >= 0.6 is 0 Å². The van der Waals surface area contributed by atoms with Gasteiger partial charge in [0.05, 0.1) is 45.1 Å². The van der Waals surface area contributed by atoms with Crippen LogP contribution in [0.4, 0.5) is 14.5 Å². The quantitative estimate of drug-likeness (QED) is 0.244. The number of hydrogen-bond donors (Lipinski definition) is 1. The number of morpholine rings is 1. The maximum absolute atomic E-state index is 15.1. The predicted molar refractivity (Wildman–Crippen MR) is 151 cm³/mol. The third-order valence-electron chi connectivity index (χ3n) is 6.68. The molecule has 1 aliphatic rings. The van der Waals surface area contributed by atoms with E-state index < -0.39 is 23.3 Å². The number of fused-ring (bicyclic) bond motifs is 1. The fraction of sp³-hybridized carbons (Fsp3) is 0.300. The number of pyridine rings is 2. The summed E-state index contributed by atoms with van der Waals surface area (Å²) in [5, 5.41) is 2.92. The van der Waals surface area contributed by atoms with Gasteiger partial charge in [0.15, 0.2) is 28.9 Å². The zero-order valence-corrected chi connectivity index (χ0v) is 23.2. The van der Waals surface area contributed by atoms with Crippen LogP contribution in [-0.4, -0.2) is 74.4 Å². The number of rotatable bonds is 11. The van der Waals surface area contributed by atoms with Gasteiger partial charge in [0.2, 0.25) is 0 Å². The predicted octanol–water partition coefficient (Wildman–Crippen LogP) is 5.07. The highest BCUT2D eigenvalue weighted by Crippen LogP contribution is 2.38. The first-order valence-electron chi connectivity index (χ1n) is 13.3. The van der Waals surface area contributed by atoms with E-state index in [1.54, 1.807) is 12.1 Å². The maximum Gasteiger partial charge on any atom is 0.261 e. The van der Waals surface area contributed by atoms with E-state index in [9.17, 15) is 4.79 Å². The Morgan fingerprint density at radius 1 is 0.976 bits per heavy atom. The Balaban J connectivity index is 1.31. The van der Waals surface area contributed by atoms with Gasteiger partial charge >= 0.3 is 0 Å². The van der Waals surface area contributed by atoms with Gasteiger partial charge in [0, 0.05) is 67.5 Å². The first-order valence-corrected chi connectivity index (χ1v) is 13.3. The van der Waals surface area contributed by atoms with E-state index in [1.165, 1.54) is 44.9 Å². The molecule has 1 fully saturated rings. The molecule has 0 spiro atoms. The summed E-state index contributed by atoms with van der Waals surface area (Å²) in [5.74, 6) is -1.95. The first-order chi connectivity index (χ1) is 20.5. The number of nitrogens with zero attached hydrogens (tertiary/aromatic N) is 3. The normalized spacial score (nSPS) is 13.5. The Morgan fingerprint density at radius 2 is 1.71 bits per heavy atom. The molecular weight excluding hydrogens is 550 g/mol. The number of carbonyl (C=O) groups is 1. The highest BCUT2D eigenvalue weighted by Gasteiger charge is 2.19. The van der Waals surface area contributed by atoms with Gasteiger partial charge in [0.25, 0.3) is 5.91 Å². The van der Waals surface area contributed by atoms with E-state index in [4.69, 9.17) is 23.7 Å². The van der Waals surface area contributed by atoms with Crippen LogP contribution in [0.1, 0.15) is 16.8 Å². The number of hydrogen-bond acceptors (Lipinski definition) is 9. The van der Waals surface area contributed by atoms with Gasteiger partial charge in [-0.15, -0.1) is 0 Å². The van der Waals surface area contributed by atoms with E-state index in [0.29, 0.717) is 29.0 Å². The van der Waals surface area contributed by atoms with Crippen molar-refractivity contribution in [3.63, 3.8) is 0 Å².